The molecule has 1 heterocycles. The van der Waals surface area contributed by atoms with Gasteiger partial charge in [-0.05, 0) is 12.1 Å². The first kappa shape index (κ1) is 15.6. The van der Waals surface area contributed by atoms with Crippen LogP contribution in [0.2, 0.25) is 5.02 Å². The molecule has 0 aromatic heterocycles. The highest BCUT2D eigenvalue weighted by molar-refractivity contribution is 7.89. The van der Waals surface area contributed by atoms with Gasteiger partial charge in [-0.3, -0.25) is 0 Å². The Hall–Kier alpha value is -0.770. The summed E-state index contributed by atoms with van der Waals surface area (Å²) < 4.78 is 29.8. The smallest absolute Gasteiger partial charge is 0.254 e. The van der Waals surface area contributed by atoms with Crippen molar-refractivity contribution in [3.63, 3.8) is 0 Å². The maximum Gasteiger partial charge on any atom is 0.254 e. The van der Waals surface area contributed by atoms with Crippen LogP contribution in [0.1, 0.15) is 5.56 Å². The van der Waals surface area contributed by atoms with Gasteiger partial charge in [0.1, 0.15) is 9.88 Å². The highest BCUT2D eigenvalue weighted by Gasteiger charge is 2.23. The molecule has 20 heavy (non-hydrogen) atoms. The molecule has 0 spiro atoms. The summed E-state index contributed by atoms with van der Waals surface area (Å²) in [6.45, 7) is 1.91. The zero-order chi connectivity index (χ0) is 14.8. The van der Waals surface area contributed by atoms with Crippen molar-refractivity contribution in [2.75, 3.05) is 26.3 Å². The summed E-state index contributed by atoms with van der Waals surface area (Å²) in [4.78, 5) is 2.55. The van der Waals surface area contributed by atoms with Gasteiger partial charge in [0.25, 0.3) is 10.0 Å². The Labute approximate surface area is 127 Å². The zero-order valence-corrected chi connectivity index (χ0v) is 12.9. The van der Waals surface area contributed by atoms with Gasteiger partial charge in [0.15, 0.2) is 0 Å². The van der Waals surface area contributed by atoms with Crippen LogP contribution < -0.4 is 10.6 Å². The van der Waals surface area contributed by atoms with Gasteiger partial charge in [-0.25, -0.2) is 13.4 Å². The van der Waals surface area contributed by atoms with E-state index in [1.807, 2.05) is 0 Å². The summed E-state index contributed by atoms with van der Waals surface area (Å²) in [5, 5.41) is 1.69. The molecule has 6 nitrogen and oxygen atoms in total. The number of nitrogens with zero attached hydrogens (tertiary/aromatic N) is 1. The highest BCUT2D eigenvalue weighted by Crippen LogP contribution is 2.23. The van der Waals surface area contributed by atoms with E-state index in [-0.39, 0.29) is 14.9 Å². The number of halogens is 1. The summed E-state index contributed by atoms with van der Waals surface area (Å²) in [6.07, 6.45) is 0. The fourth-order valence-corrected chi connectivity index (χ4v) is 3.51. The lowest BCUT2D eigenvalue weighted by molar-refractivity contribution is 0.0272. The predicted octanol–water partition coefficient (Wildman–Crippen LogP) is 0.500. The maximum absolute atomic E-state index is 12.3. The fourth-order valence-electron chi connectivity index (χ4n) is 1.74. The molecule has 1 aromatic carbocycles. The van der Waals surface area contributed by atoms with Crippen LogP contribution >= 0.6 is 23.8 Å². The van der Waals surface area contributed by atoms with Crippen LogP contribution in [0, 0.1) is 0 Å². The SMILES string of the molecule is NC(=S)c1ccc(Cl)c(S(=O)(=O)NN2CCOCC2)c1. The third kappa shape index (κ3) is 3.66. The number of sulfonamides is 1. The molecule has 1 aliphatic rings. The van der Waals surface area contributed by atoms with Crippen molar-refractivity contribution in [2.45, 2.75) is 4.90 Å². The third-order valence-electron chi connectivity index (χ3n) is 2.77. The largest absolute Gasteiger partial charge is 0.389 e. The van der Waals surface area contributed by atoms with E-state index in [0.29, 0.717) is 31.9 Å². The van der Waals surface area contributed by atoms with E-state index in [1.54, 1.807) is 11.1 Å². The molecular weight excluding hydrogens is 322 g/mol. The van der Waals surface area contributed by atoms with E-state index in [1.165, 1.54) is 12.1 Å². The van der Waals surface area contributed by atoms with Crippen molar-refractivity contribution in [3.05, 3.63) is 28.8 Å². The molecule has 0 saturated carbocycles. The Morgan fingerprint density at radius 3 is 2.65 bits per heavy atom. The van der Waals surface area contributed by atoms with Gasteiger partial charge in [0.05, 0.1) is 18.2 Å². The number of morpholine rings is 1. The van der Waals surface area contributed by atoms with E-state index in [0.717, 1.165) is 0 Å². The Kier molecular flexibility index (Phi) is 4.95. The number of benzene rings is 1. The normalized spacial score (nSPS) is 17.1. The summed E-state index contributed by atoms with van der Waals surface area (Å²) in [6, 6.07) is 4.41. The Balaban J connectivity index is 2.28. The van der Waals surface area contributed by atoms with Crippen molar-refractivity contribution in [1.29, 1.82) is 0 Å². The number of hydrazine groups is 1. The van der Waals surface area contributed by atoms with Gasteiger partial charge in [0, 0.05) is 18.7 Å². The summed E-state index contributed by atoms with van der Waals surface area (Å²) in [7, 11) is -3.77. The topological polar surface area (TPSA) is 84.7 Å². The van der Waals surface area contributed by atoms with Crippen molar-refractivity contribution < 1.29 is 13.2 Å². The number of nitrogens with two attached hydrogens (primary N) is 1. The van der Waals surface area contributed by atoms with E-state index in [2.05, 4.69) is 4.83 Å². The number of nitrogens with one attached hydrogen (secondary N) is 1. The first-order valence-electron chi connectivity index (χ1n) is 5.84. The average Bonchev–Trinajstić information content (AvgIpc) is 2.39. The summed E-state index contributed by atoms with van der Waals surface area (Å²) in [5.74, 6) is 0. The van der Waals surface area contributed by atoms with Crippen LogP contribution in [0.3, 0.4) is 0 Å². The summed E-state index contributed by atoms with van der Waals surface area (Å²) >= 11 is 10.8. The molecule has 3 N–H and O–H groups in total. The Bertz CT molecular complexity index is 615. The van der Waals surface area contributed by atoms with Crippen molar-refractivity contribution in [2.24, 2.45) is 5.73 Å². The minimum absolute atomic E-state index is 0.0454. The lowest BCUT2D eigenvalue weighted by atomic mass is 10.2. The van der Waals surface area contributed by atoms with Crippen LogP contribution in [0.15, 0.2) is 23.1 Å². The van der Waals surface area contributed by atoms with Crippen molar-refractivity contribution in [1.82, 2.24) is 9.84 Å². The van der Waals surface area contributed by atoms with E-state index < -0.39 is 10.0 Å². The molecule has 1 saturated heterocycles. The van der Waals surface area contributed by atoms with E-state index >= 15 is 0 Å². The van der Waals surface area contributed by atoms with Gasteiger partial charge < -0.3 is 10.5 Å². The van der Waals surface area contributed by atoms with Gasteiger partial charge in [0.2, 0.25) is 0 Å². The second-order valence-electron chi connectivity index (χ2n) is 4.20. The number of hydrogen-bond acceptors (Lipinski definition) is 5. The molecule has 0 radical (unpaired) electrons. The number of ether oxygens (including phenoxy) is 1. The molecule has 0 aliphatic carbocycles. The minimum atomic E-state index is -3.77. The van der Waals surface area contributed by atoms with Gasteiger partial charge in [-0.15, -0.1) is 4.83 Å². The second-order valence-corrected chi connectivity index (χ2v) is 6.68. The van der Waals surface area contributed by atoms with Crippen LogP contribution in [-0.4, -0.2) is 44.7 Å². The number of thiocarbonyl (C=S) groups is 1. The standard InChI is InChI=1S/C11H14ClN3O3S2/c12-9-2-1-8(11(13)19)7-10(9)20(16,17)14-15-3-5-18-6-4-15/h1-2,7,14H,3-6H2,(H2,13,19). The molecule has 1 aliphatic heterocycles. The molecule has 0 unspecified atom stereocenters. The molecule has 1 aromatic rings. The zero-order valence-electron chi connectivity index (χ0n) is 10.5. The Morgan fingerprint density at radius 1 is 1.40 bits per heavy atom. The van der Waals surface area contributed by atoms with Crippen molar-refractivity contribution >= 4 is 38.8 Å². The second kappa shape index (κ2) is 6.33. The quantitative estimate of drug-likeness (QED) is 0.779. The fraction of sp³-hybridized carbons (Fsp3) is 0.364. The highest BCUT2D eigenvalue weighted by atomic mass is 35.5. The maximum atomic E-state index is 12.3. The molecule has 1 fully saturated rings. The van der Waals surface area contributed by atoms with Gasteiger partial charge >= 0.3 is 0 Å². The molecule has 9 heteroatoms. The molecule has 110 valence electrons. The Morgan fingerprint density at radius 2 is 2.05 bits per heavy atom. The van der Waals surface area contributed by atoms with Crippen LogP contribution in [0.4, 0.5) is 0 Å². The lowest BCUT2D eigenvalue weighted by Gasteiger charge is -2.26. The monoisotopic (exact) mass is 335 g/mol. The third-order valence-corrected chi connectivity index (χ3v) is 4.86. The first-order valence-corrected chi connectivity index (χ1v) is 8.11. The van der Waals surface area contributed by atoms with Crippen molar-refractivity contribution in [3.8, 4) is 0 Å². The number of hydrogen-bond donors (Lipinski definition) is 2. The number of rotatable bonds is 4. The lowest BCUT2D eigenvalue weighted by Crippen LogP contribution is -2.48. The minimum Gasteiger partial charge on any atom is -0.389 e. The van der Waals surface area contributed by atoms with Crippen LogP contribution in [0.5, 0.6) is 0 Å². The molecule has 0 atom stereocenters. The molecular formula is C11H14ClN3O3S2. The summed E-state index contributed by atoms with van der Waals surface area (Å²) in [5.41, 5.74) is 5.96. The average molecular weight is 336 g/mol. The predicted molar refractivity (Wildman–Crippen MR) is 80.1 cm³/mol. The first-order chi connectivity index (χ1) is 9.40. The van der Waals surface area contributed by atoms with Gasteiger partial charge in [-0.1, -0.05) is 29.9 Å². The molecule has 2 rings (SSSR count). The van der Waals surface area contributed by atoms with Crippen LogP contribution in [0.25, 0.3) is 0 Å². The van der Waals surface area contributed by atoms with Gasteiger partial charge in [-0.2, -0.15) is 0 Å². The van der Waals surface area contributed by atoms with E-state index in [9.17, 15) is 8.42 Å². The van der Waals surface area contributed by atoms with Crippen LogP contribution in [-0.2, 0) is 14.8 Å². The molecule has 0 bridgehead atoms. The molecule has 0 amide bonds. The van der Waals surface area contributed by atoms with E-state index in [4.69, 9.17) is 34.3 Å².